The zero-order valence-electron chi connectivity index (χ0n) is 16.4. The van der Waals surface area contributed by atoms with Crippen molar-refractivity contribution >= 4 is 21.6 Å². The van der Waals surface area contributed by atoms with Crippen molar-refractivity contribution < 1.29 is 17.7 Å². The molecule has 1 fully saturated rings. The van der Waals surface area contributed by atoms with Crippen LogP contribution in [0.15, 0.2) is 41.1 Å². The van der Waals surface area contributed by atoms with Crippen LogP contribution in [0.5, 0.6) is 0 Å². The fourth-order valence-electron chi connectivity index (χ4n) is 3.20. The molecule has 1 aromatic heterocycles. The van der Waals surface area contributed by atoms with Gasteiger partial charge >= 0.3 is 0 Å². The summed E-state index contributed by atoms with van der Waals surface area (Å²) in [5, 5.41) is 6.63. The molecule has 1 saturated carbocycles. The predicted octanol–water partition coefficient (Wildman–Crippen LogP) is 3.56. The van der Waals surface area contributed by atoms with Gasteiger partial charge in [-0.15, -0.1) is 0 Å². The Morgan fingerprint density at radius 3 is 2.25 bits per heavy atom. The quantitative estimate of drug-likeness (QED) is 0.792. The van der Waals surface area contributed by atoms with Crippen molar-refractivity contribution in [1.29, 1.82) is 0 Å². The summed E-state index contributed by atoms with van der Waals surface area (Å²) in [5.74, 6) is 0.544. The van der Waals surface area contributed by atoms with E-state index in [0.29, 0.717) is 31.4 Å². The minimum absolute atomic E-state index is 0.0236. The van der Waals surface area contributed by atoms with E-state index >= 15 is 0 Å². The van der Waals surface area contributed by atoms with Gasteiger partial charge in [-0.25, -0.2) is 13.1 Å². The summed E-state index contributed by atoms with van der Waals surface area (Å²) in [6.07, 6.45) is 4.25. The van der Waals surface area contributed by atoms with Crippen LogP contribution in [0.1, 0.15) is 46.5 Å². The molecule has 0 atom stereocenters. The number of rotatable bonds is 5. The van der Waals surface area contributed by atoms with Gasteiger partial charge in [-0.3, -0.25) is 4.79 Å². The Morgan fingerprint density at radius 1 is 1.07 bits per heavy atom. The van der Waals surface area contributed by atoms with Gasteiger partial charge in [-0.1, -0.05) is 5.16 Å². The lowest BCUT2D eigenvalue weighted by Gasteiger charge is -2.30. The molecule has 1 aliphatic carbocycles. The van der Waals surface area contributed by atoms with E-state index in [9.17, 15) is 13.2 Å². The molecule has 1 aliphatic rings. The third kappa shape index (κ3) is 4.80. The van der Waals surface area contributed by atoms with Gasteiger partial charge in [0.15, 0.2) is 5.76 Å². The molecule has 1 amide bonds. The van der Waals surface area contributed by atoms with Crippen molar-refractivity contribution in [3.8, 4) is 11.3 Å². The van der Waals surface area contributed by atoms with E-state index in [1.54, 1.807) is 33.0 Å². The van der Waals surface area contributed by atoms with Crippen LogP contribution in [0.4, 0.5) is 5.69 Å². The minimum atomic E-state index is -3.37. The molecule has 7 nitrogen and oxygen atoms in total. The van der Waals surface area contributed by atoms with Crippen molar-refractivity contribution in [1.82, 2.24) is 9.88 Å². The standard InChI is InChI=1S/C20H27N3O4S/c1-20(2,3)28(25,26)23-17-10-6-15(7-11-17)19(24)22-16-8-4-14(5-9-16)18-12-13-21-27-18/h4-5,8-9,12-13,15,17,23H,6-7,10-11H2,1-3H3,(H,22,24)/t15-,17-. The van der Waals surface area contributed by atoms with E-state index < -0.39 is 14.8 Å². The van der Waals surface area contributed by atoms with E-state index in [0.717, 1.165) is 11.3 Å². The third-order valence-corrected chi connectivity index (χ3v) is 7.36. The highest BCUT2D eigenvalue weighted by molar-refractivity contribution is 7.90. The average Bonchev–Trinajstić information content (AvgIpc) is 3.16. The number of amides is 1. The molecule has 1 heterocycles. The van der Waals surface area contributed by atoms with Crippen LogP contribution in [0, 0.1) is 5.92 Å². The van der Waals surface area contributed by atoms with Crippen molar-refractivity contribution in [2.75, 3.05) is 5.32 Å². The largest absolute Gasteiger partial charge is 0.356 e. The Labute approximate surface area is 165 Å². The Bertz CT molecular complexity index is 892. The van der Waals surface area contributed by atoms with Gasteiger partial charge in [0.25, 0.3) is 0 Å². The first kappa shape index (κ1) is 20.5. The van der Waals surface area contributed by atoms with Gasteiger partial charge in [0.05, 0.1) is 10.9 Å². The number of nitrogens with zero attached hydrogens (tertiary/aromatic N) is 1. The van der Waals surface area contributed by atoms with Gasteiger partial charge in [0.1, 0.15) is 0 Å². The Hall–Kier alpha value is -2.19. The fraction of sp³-hybridized carbons (Fsp3) is 0.500. The lowest BCUT2D eigenvalue weighted by Crippen LogP contribution is -2.46. The monoisotopic (exact) mass is 405 g/mol. The summed E-state index contributed by atoms with van der Waals surface area (Å²) in [5.41, 5.74) is 1.62. The number of hydrogen-bond acceptors (Lipinski definition) is 5. The average molecular weight is 406 g/mol. The van der Waals surface area contributed by atoms with Gasteiger partial charge < -0.3 is 9.84 Å². The van der Waals surface area contributed by atoms with Crippen molar-refractivity contribution in [3.05, 3.63) is 36.5 Å². The van der Waals surface area contributed by atoms with Gasteiger partial charge in [0, 0.05) is 29.3 Å². The maximum Gasteiger partial charge on any atom is 0.227 e. The lowest BCUT2D eigenvalue weighted by atomic mass is 9.86. The highest BCUT2D eigenvalue weighted by Gasteiger charge is 2.34. The van der Waals surface area contributed by atoms with Crippen LogP contribution in [0.3, 0.4) is 0 Å². The molecule has 1 aromatic carbocycles. The predicted molar refractivity (Wildman–Crippen MR) is 108 cm³/mol. The maximum absolute atomic E-state index is 12.6. The Morgan fingerprint density at radius 2 is 1.71 bits per heavy atom. The van der Waals surface area contributed by atoms with Gasteiger partial charge in [-0.05, 0) is 70.7 Å². The molecule has 0 saturated heterocycles. The second-order valence-corrected chi connectivity index (χ2v) is 10.7. The zero-order chi connectivity index (χ0) is 20.4. The summed E-state index contributed by atoms with van der Waals surface area (Å²) < 4.78 is 31.6. The van der Waals surface area contributed by atoms with E-state index in [4.69, 9.17) is 4.52 Å². The number of carbonyl (C=O) groups excluding carboxylic acids is 1. The summed E-state index contributed by atoms with van der Waals surface area (Å²) >= 11 is 0. The molecule has 0 aliphatic heterocycles. The summed E-state index contributed by atoms with van der Waals surface area (Å²) in [4.78, 5) is 12.6. The summed E-state index contributed by atoms with van der Waals surface area (Å²) in [7, 11) is -3.37. The zero-order valence-corrected chi connectivity index (χ0v) is 17.3. The first-order chi connectivity index (χ1) is 13.2. The second-order valence-electron chi connectivity index (χ2n) is 8.23. The van der Waals surface area contributed by atoms with Gasteiger partial charge in [-0.2, -0.15) is 0 Å². The highest BCUT2D eigenvalue weighted by Crippen LogP contribution is 2.28. The molecular formula is C20H27N3O4S. The number of nitrogens with one attached hydrogen (secondary N) is 2. The molecule has 0 bridgehead atoms. The molecular weight excluding hydrogens is 378 g/mol. The maximum atomic E-state index is 12.6. The van der Waals surface area contributed by atoms with Crippen LogP contribution in [0.25, 0.3) is 11.3 Å². The summed E-state index contributed by atoms with van der Waals surface area (Å²) in [6, 6.07) is 9.08. The van der Waals surface area contributed by atoms with Crippen molar-refractivity contribution in [3.63, 3.8) is 0 Å². The number of sulfonamides is 1. The summed E-state index contributed by atoms with van der Waals surface area (Å²) in [6.45, 7) is 5.05. The molecule has 2 aromatic rings. The molecule has 0 unspecified atom stereocenters. The lowest BCUT2D eigenvalue weighted by molar-refractivity contribution is -0.120. The number of anilines is 1. The molecule has 2 N–H and O–H groups in total. The highest BCUT2D eigenvalue weighted by atomic mass is 32.2. The molecule has 28 heavy (non-hydrogen) atoms. The van der Waals surface area contributed by atoms with E-state index in [2.05, 4.69) is 15.2 Å². The molecule has 0 spiro atoms. The SMILES string of the molecule is CC(C)(C)S(=O)(=O)N[C@H]1CC[C@H](C(=O)Nc2ccc(-c3ccno3)cc2)CC1. The Kier molecular flexibility index (Phi) is 5.90. The number of benzene rings is 1. The Balaban J connectivity index is 1.51. The van der Waals surface area contributed by atoms with E-state index in [1.165, 1.54) is 0 Å². The van der Waals surface area contributed by atoms with E-state index in [-0.39, 0.29) is 17.9 Å². The topological polar surface area (TPSA) is 101 Å². The third-order valence-electron chi connectivity index (χ3n) is 5.10. The number of carbonyl (C=O) groups is 1. The van der Waals surface area contributed by atoms with Crippen LogP contribution >= 0.6 is 0 Å². The number of hydrogen-bond donors (Lipinski definition) is 2. The first-order valence-electron chi connectivity index (χ1n) is 9.49. The fourth-order valence-corrected chi connectivity index (χ4v) is 4.22. The molecule has 152 valence electrons. The first-order valence-corrected chi connectivity index (χ1v) is 11.0. The normalized spacial score (nSPS) is 20.7. The van der Waals surface area contributed by atoms with Crippen molar-refractivity contribution in [2.24, 2.45) is 5.92 Å². The van der Waals surface area contributed by atoms with Gasteiger partial charge in [0.2, 0.25) is 15.9 Å². The smallest absolute Gasteiger partial charge is 0.227 e. The van der Waals surface area contributed by atoms with Crippen LogP contribution in [-0.4, -0.2) is 30.3 Å². The molecule has 0 radical (unpaired) electrons. The molecule has 8 heteroatoms. The minimum Gasteiger partial charge on any atom is -0.356 e. The number of aromatic nitrogens is 1. The van der Waals surface area contributed by atoms with Crippen LogP contribution in [0.2, 0.25) is 0 Å². The van der Waals surface area contributed by atoms with Crippen LogP contribution < -0.4 is 10.0 Å². The van der Waals surface area contributed by atoms with E-state index in [1.807, 2.05) is 24.3 Å². The second kappa shape index (κ2) is 8.05. The van der Waals surface area contributed by atoms with Crippen molar-refractivity contribution in [2.45, 2.75) is 57.2 Å². The van der Waals surface area contributed by atoms with Crippen LogP contribution in [-0.2, 0) is 14.8 Å². The molecule has 3 rings (SSSR count).